The van der Waals surface area contributed by atoms with Gasteiger partial charge in [0.05, 0.1) is 18.0 Å². The highest BCUT2D eigenvalue weighted by Gasteiger charge is 2.25. The molecule has 0 saturated carbocycles. The quantitative estimate of drug-likeness (QED) is 0.740. The molecule has 10 heteroatoms. The Kier molecular flexibility index (Phi) is 5.33. The van der Waals surface area contributed by atoms with Crippen molar-refractivity contribution in [1.82, 2.24) is 5.32 Å². The summed E-state index contributed by atoms with van der Waals surface area (Å²) in [5, 5.41) is 2.83. The third-order valence-corrected chi connectivity index (χ3v) is 5.92. The Morgan fingerprint density at radius 3 is 2.40 bits per heavy atom. The Labute approximate surface area is 174 Å². The lowest BCUT2D eigenvalue weighted by Gasteiger charge is -2.24. The number of anilines is 1. The van der Waals surface area contributed by atoms with Crippen molar-refractivity contribution < 1.29 is 32.2 Å². The molecule has 0 radical (unpaired) electrons. The second-order valence-corrected chi connectivity index (χ2v) is 8.91. The van der Waals surface area contributed by atoms with E-state index in [0.29, 0.717) is 41.9 Å². The average Bonchev–Trinajstić information content (AvgIpc) is 3.18. The molecule has 2 aliphatic heterocycles. The van der Waals surface area contributed by atoms with E-state index >= 15 is 0 Å². The highest BCUT2D eigenvalue weighted by molar-refractivity contribution is 7.92. The predicted molar refractivity (Wildman–Crippen MR) is 109 cm³/mol. The van der Waals surface area contributed by atoms with Crippen LogP contribution in [0.4, 0.5) is 5.69 Å². The summed E-state index contributed by atoms with van der Waals surface area (Å²) in [6, 6.07) is 9.82. The molecule has 1 unspecified atom stereocenters. The molecule has 0 bridgehead atoms. The third kappa shape index (κ3) is 4.23. The molecule has 2 aromatic carbocycles. The summed E-state index contributed by atoms with van der Waals surface area (Å²) in [5.74, 6) is 1.81. The number of carbonyl (C=O) groups is 1. The largest absolute Gasteiger partial charge is 0.486 e. The summed E-state index contributed by atoms with van der Waals surface area (Å²) < 4.78 is 47.3. The summed E-state index contributed by atoms with van der Waals surface area (Å²) >= 11 is 0. The molecule has 1 atom stereocenters. The van der Waals surface area contributed by atoms with E-state index in [1.807, 2.05) is 19.1 Å². The van der Waals surface area contributed by atoms with Gasteiger partial charge < -0.3 is 24.3 Å². The van der Waals surface area contributed by atoms with Crippen LogP contribution in [0, 0.1) is 0 Å². The van der Waals surface area contributed by atoms with Crippen molar-refractivity contribution in [3.05, 3.63) is 42.0 Å². The van der Waals surface area contributed by atoms with Crippen LogP contribution in [0.15, 0.2) is 36.4 Å². The highest BCUT2D eigenvalue weighted by atomic mass is 32.2. The molecule has 30 heavy (non-hydrogen) atoms. The number of ether oxygens (including phenoxy) is 4. The molecule has 2 aliphatic rings. The molecular weight excluding hydrogens is 412 g/mol. The van der Waals surface area contributed by atoms with Crippen LogP contribution >= 0.6 is 0 Å². The molecule has 1 N–H and O–H groups in total. The minimum absolute atomic E-state index is 0.0746. The van der Waals surface area contributed by atoms with E-state index in [0.717, 1.165) is 16.1 Å². The van der Waals surface area contributed by atoms with Gasteiger partial charge in [0.15, 0.2) is 23.0 Å². The van der Waals surface area contributed by atoms with Crippen LogP contribution in [-0.4, -0.2) is 47.1 Å². The number of carbonyl (C=O) groups excluding carboxylic acids is 1. The lowest BCUT2D eigenvalue weighted by Crippen LogP contribution is -2.41. The maximum atomic E-state index is 12.7. The molecule has 160 valence electrons. The fourth-order valence-corrected chi connectivity index (χ4v) is 4.12. The van der Waals surface area contributed by atoms with E-state index in [1.54, 1.807) is 24.3 Å². The normalized spacial score (nSPS) is 15.4. The maximum Gasteiger partial charge on any atom is 0.241 e. The predicted octanol–water partition coefficient (Wildman–Crippen LogP) is 1.83. The lowest BCUT2D eigenvalue weighted by molar-refractivity contribution is -0.120. The van der Waals surface area contributed by atoms with Crippen molar-refractivity contribution in [1.29, 1.82) is 0 Å². The van der Waals surface area contributed by atoms with Gasteiger partial charge >= 0.3 is 0 Å². The van der Waals surface area contributed by atoms with Crippen molar-refractivity contribution in [3.8, 4) is 23.0 Å². The molecule has 9 nitrogen and oxygen atoms in total. The van der Waals surface area contributed by atoms with Crippen LogP contribution in [-0.2, 0) is 14.8 Å². The second-order valence-electron chi connectivity index (χ2n) is 7.00. The van der Waals surface area contributed by atoms with Crippen LogP contribution in [0.1, 0.15) is 18.5 Å². The first kappa shape index (κ1) is 20.1. The van der Waals surface area contributed by atoms with Crippen LogP contribution in [0.2, 0.25) is 0 Å². The first-order valence-corrected chi connectivity index (χ1v) is 11.2. The van der Waals surface area contributed by atoms with Crippen molar-refractivity contribution >= 4 is 21.6 Å². The smallest absolute Gasteiger partial charge is 0.241 e. The molecule has 0 aromatic heterocycles. The number of amides is 1. The minimum Gasteiger partial charge on any atom is -0.486 e. The van der Waals surface area contributed by atoms with Crippen LogP contribution in [0.25, 0.3) is 0 Å². The summed E-state index contributed by atoms with van der Waals surface area (Å²) in [6.07, 6.45) is 1.05. The molecule has 0 spiro atoms. The van der Waals surface area contributed by atoms with Gasteiger partial charge in [-0.15, -0.1) is 0 Å². The average molecular weight is 434 g/mol. The van der Waals surface area contributed by atoms with E-state index in [4.69, 9.17) is 18.9 Å². The Hall–Kier alpha value is -3.14. The van der Waals surface area contributed by atoms with Gasteiger partial charge in [0.25, 0.3) is 0 Å². The Morgan fingerprint density at radius 2 is 1.63 bits per heavy atom. The molecular formula is C20H22N2O7S. The highest BCUT2D eigenvalue weighted by Crippen LogP contribution is 2.36. The number of nitrogens with zero attached hydrogens (tertiary/aromatic N) is 1. The molecule has 2 heterocycles. The zero-order valence-corrected chi connectivity index (χ0v) is 17.4. The zero-order chi connectivity index (χ0) is 21.3. The Balaban J connectivity index is 1.48. The molecule has 2 aromatic rings. The van der Waals surface area contributed by atoms with Gasteiger partial charge in [0.1, 0.15) is 19.8 Å². The maximum absolute atomic E-state index is 12.7. The van der Waals surface area contributed by atoms with E-state index in [2.05, 4.69) is 5.32 Å². The van der Waals surface area contributed by atoms with Crippen LogP contribution in [0.5, 0.6) is 23.0 Å². The van der Waals surface area contributed by atoms with E-state index in [1.165, 1.54) is 0 Å². The third-order valence-electron chi connectivity index (χ3n) is 4.78. The first-order valence-electron chi connectivity index (χ1n) is 9.37. The van der Waals surface area contributed by atoms with Crippen molar-refractivity contribution in [3.63, 3.8) is 0 Å². The van der Waals surface area contributed by atoms with Gasteiger partial charge in [-0.25, -0.2) is 8.42 Å². The van der Waals surface area contributed by atoms with E-state index < -0.39 is 15.9 Å². The van der Waals surface area contributed by atoms with Crippen molar-refractivity contribution in [2.45, 2.75) is 13.0 Å². The van der Waals surface area contributed by atoms with Crippen LogP contribution < -0.4 is 28.6 Å². The van der Waals surface area contributed by atoms with Crippen LogP contribution in [0.3, 0.4) is 0 Å². The summed E-state index contributed by atoms with van der Waals surface area (Å²) in [4.78, 5) is 12.7. The van der Waals surface area contributed by atoms with Crippen molar-refractivity contribution in [2.24, 2.45) is 0 Å². The fraction of sp³-hybridized carbons (Fsp3) is 0.350. The first-order chi connectivity index (χ1) is 14.3. The summed E-state index contributed by atoms with van der Waals surface area (Å²) in [5.41, 5.74) is 1.14. The Bertz CT molecular complexity index is 1070. The van der Waals surface area contributed by atoms with E-state index in [9.17, 15) is 13.2 Å². The number of rotatable bonds is 6. The second kappa shape index (κ2) is 7.94. The van der Waals surface area contributed by atoms with Gasteiger partial charge in [0.2, 0.25) is 22.7 Å². The number of nitrogens with one attached hydrogen (secondary N) is 1. The summed E-state index contributed by atoms with van der Waals surface area (Å²) in [7, 11) is -3.70. The van der Waals surface area contributed by atoms with Gasteiger partial charge in [-0.2, -0.15) is 0 Å². The van der Waals surface area contributed by atoms with Crippen molar-refractivity contribution in [2.75, 3.05) is 37.1 Å². The Morgan fingerprint density at radius 1 is 1.00 bits per heavy atom. The number of sulfonamides is 1. The monoisotopic (exact) mass is 434 g/mol. The topological polar surface area (TPSA) is 103 Å². The zero-order valence-electron chi connectivity index (χ0n) is 16.6. The van der Waals surface area contributed by atoms with Gasteiger partial charge in [-0.1, -0.05) is 6.07 Å². The molecule has 4 rings (SSSR count). The molecule has 0 saturated heterocycles. The van der Waals surface area contributed by atoms with Gasteiger partial charge in [0, 0.05) is 6.07 Å². The number of hydrogen-bond donors (Lipinski definition) is 1. The number of hydrogen-bond acceptors (Lipinski definition) is 7. The molecule has 0 aliphatic carbocycles. The lowest BCUT2D eigenvalue weighted by atomic mass is 10.1. The molecule has 0 fully saturated rings. The fourth-order valence-electron chi connectivity index (χ4n) is 3.27. The summed E-state index contributed by atoms with van der Waals surface area (Å²) in [6.45, 7) is 2.49. The number of benzene rings is 2. The number of fused-ring (bicyclic) bond motifs is 2. The van der Waals surface area contributed by atoms with Gasteiger partial charge in [-0.3, -0.25) is 9.10 Å². The van der Waals surface area contributed by atoms with E-state index in [-0.39, 0.29) is 19.4 Å². The standard InChI is InChI=1S/C20H22N2O7S/c1-13(14-3-5-16-18(9-14)27-8-7-26-16)21-20(23)11-22(30(2,24)25)15-4-6-17-19(10-15)29-12-28-17/h3-6,9-10,13H,7-8,11-12H2,1-2H3,(H,21,23). The SMILES string of the molecule is CC(NC(=O)CN(c1ccc2c(c1)OCO2)S(C)(=O)=O)c1ccc2c(c1)OCCO2. The van der Waals surface area contributed by atoms with Gasteiger partial charge in [-0.05, 0) is 36.8 Å². The minimum atomic E-state index is -3.70. The molecule has 1 amide bonds.